The van der Waals surface area contributed by atoms with Gasteiger partial charge in [-0.15, -0.1) is 11.3 Å². The van der Waals surface area contributed by atoms with E-state index >= 15 is 8.78 Å². The molecule has 180 valence electrons. The molecule has 0 bridgehead atoms. The van der Waals surface area contributed by atoms with Gasteiger partial charge in [-0.05, 0) is 37.5 Å². The van der Waals surface area contributed by atoms with E-state index in [0.717, 1.165) is 42.9 Å². The SMILES string of the molecule is O=C(O)c1cn(-c2nc(-c3ccc(Cl)c(Cl)c3)cs2)c2c(F)c(N3CCCCC3)c(F)cc2c1=O. The molecule has 35 heavy (non-hydrogen) atoms. The lowest BCUT2D eigenvalue weighted by atomic mass is 10.1. The number of anilines is 1. The summed E-state index contributed by atoms with van der Waals surface area (Å²) in [5, 5.41) is 11.8. The fraction of sp³-hybridized carbons (Fsp3) is 0.208. The monoisotopic (exact) mass is 535 g/mol. The van der Waals surface area contributed by atoms with Crippen LogP contribution in [0.2, 0.25) is 10.0 Å². The molecule has 1 aliphatic heterocycles. The Balaban J connectivity index is 1.76. The number of thiazole rings is 1. The smallest absolute Gasteiger partial charge is 0.341 e. The molecule has 0 amide bonds. The summed E-state index contributed by atoms with van der Waals surface area (Å²) in [6.07, 6.45) is 3.59. The van der Waals surface area contributed by atoms with Crippen molar-refractivity contribution >= 4 is 57.1 Å². The molecule has 0 unspecified atom stereocenters. The van der Waals surface area contributed by atoms with Crippen molar-refractivity contribution in [2.45, 2.75) is 19.3 Å². The van der Waals surface area contributed by atoms with Crippen molar-refractivity contribution in [2.24, 2.45) is 0 Å². The minimum Gasteiger partial charge on any atom is -0.477 e. The van der Waals surface area contributed by atoms with Crippen LogP contribution < -0.4 is 10.3 Å². The Bertz CT molecular complexity index is 1550. The largest absolute Gasteiger partial charge is 0.477 e. The summed E-state index contributed by atoms with van der Waals surface area (Å²) in [7, 11) is 0. The van der Waals surface area contributed by atoms with E-state index in [1.54, 1.807) is 28.5 Å². The predicted molar refractivity (Wildman–Crippen MR) is 134 cm³/mol. The van der Waals surface area contributed by atoms with Crippen LogP contribution in [0.3, 0.4) is 0 Å². The van der Waals surface area contributed by atoms with Gasteiger partial charge in [0.1, 0.15) is 17.1 Å². The van der Waals surface area contributed by atoms with E-state index in [9.17, 15) is 14.7 Å². The molecule has 0 aliphatic carbocycles. The highest BCUT2D eigenvalue weighted by Crippen LogP contribution is 2.35. The van der Waals surface area contributed by atoms with Crippen molar-refractivity contribution in [3.05, 3.63) is 73.3 Å². The van der Waals surface area contributed by atoms with E-state index in [2.05, 4.69) is 4.98 Å². The van der Waals surface area contributed by atoms with Gasteiger partial charge < -0.3 is 10.0 Å². The average Bonchev–Trinajstić information content (AvgIpc) is 3.32. The minimum atomic E-state index is -1.51. The Morgan fingerprint density at radius 1 is 1.09 bits per heavy atom. The third-order valence-corrected chi connectivity index (χ3v) is 7.55. The molecular formula is C24H17Cl2F2N3O3S. The van der Waals surface area contributed by atoms with E-state index in [1.807, 2.05) is 0 Å². The summed E-state index contributed by atoms with van der Waals surface area (Å²) in [6.45, 7) is 0.963. The number of aromatic carboxylic acids is 1. The number of rotatable bonds is 4. The van der Waals surface area contributed by atoms with Crippen LogP contribution in [0.4, 0.5) is 14.5 Å². The van der Waals surface area contributed by atoms with Gasteiger partial charge in [-0.1, -0.05) is 29.3 Å². The Morgan fingerprint density at radius 3 is 2.51 bits per heavy atom. The summed E-state index contributed by atoms with van der Waals surface area (Å²) in [6, 6.07) is 5.87. The topological polar surface area (TPSA) is 75.4 Å². The van der Waals surface area contributed by atoms with Crippen LogP contribution in [-0.4, -0.2) is 33.7 Å². The molecule has 0 saturated carbocycles. The first kappa shape index (κ1) is 23.7. The predicted octanol–water partition coefficient (Wildman–Crippen LogP) is 6.39. The summed E-state index contributed by atoms with van der Waals surface area (Å²) in [5.41, 5.74) is -0.898. The molecule has 0 radical (unpaired) electrons. The molecule has 11 heteroatoms. The first-order chi connectivity index (χ1) is 16.8. The van der Waals surface area contributed by atoms with Gasteiger partial charge >= 0.3 is 5.97 Å². The number of carboxylic acids is 1. The lowest BCUT2D eigenvalue weighted by molar-refractivity contribution is 0.0695. The molecule has 0 atom stereocenters. The number of fused-ring (bicyclic) bond motifs is 1. The third kappa shape index (κ3) is 4.17. The molecule has 5 rings (SSSR count). The normalized spacial score (nSPS) is 14.0. The number of aromatic nitrogens is 2. The number of hydrogen-bond donors (Lipinski definition) is 1. The molecule has 1 aliphatic rings. The second-order valence-corrected chi connectivity index (χ2v) is 9.81. The molecule has 2 aromatic heterocycles. The highest BCUT2D eigenvalue weighted by Gasteiger charge is 2.27. The van der Waals surface area contributed by atoms with E-state index in [0.29, 0.717) is 34.4 Å². The zero-order valence-corrected chi connectivity index (χ0v) is 20.4. The van der Waals surface area contributed by atoms with Gasteiger partial charge in [-0.25, -0.2) is 18.6 Å². The van der Waals surface area contributed by atoms with E-state index in [-0.39, 0.29) is 21.7 Å². The van der Waals surface area contributed by atoms with Crippen LogP contribution in [0.15, 0.2) is 40.6 Å². The average molecular weight is 536 g/mol. The molecule has 1 saturated heterocycles. The molecule has 2 aromatic carbocycles. The molecule has 4 aromatic rings. The molecule has 0 spiro atoms. The zero-order valence-electron chi connectivity index (χ0n) is 18.0. The summed E-state index contributed by atoms with van der Waals surface area (Å²) in [4.78, 5) is 30.8. The van der Waals surface area contributed by atoms with Crippen LogP contribution in [0.1, 0.15) is 29.6 Å². The highest BCUT2D eigenvalue weighted by atomic mass is 35.5. The maximum atomic E-state index is 16.0. The van der Waals surface area contributed by atoms with Crippen molar-refractivity contribution < 1.29 is 18.7 Å². The van der Waals surface area contributed by atoms with Crippen molar-refractivity contribution in [1.29, 1.82) is 0 Å². The Kier molecular flexibility index (Phi) is 6.25. The van der Waals surface area contributed by atoms with Crippen molar-refractivity contribution in [1.82, 2.24) is 9.55 Å². The third-order valence-electron chi connectivity index (χ3n) is 5.97. The number of halogens is 4. The van der Waals surface area contributed by atoms with Gasteiger partial charge in [0.15, 0.2) is 10.9 Å². The highest BCUT2D eigenvalue weighted by molar-refractivity contribution is 7.12. The van der Waals surface area contributed by atoms with Crippen LogP contribution in [-0.2, 0) is 0 Å². The number of piperidine rings is 1. The lowest BCUT2D eigenvalue weighted by Crippen LogP contribution is -2.31. The fourth-order valence-corrected chi connectivity index (χ4v) is 5.39. The number of carboxylic acid groups (broad SMARTS) is 1. The number of nitrogens with zero attached hydrogens (tertiary/aromatic N) is 3. The van der Waals surface area contributed by atoms with Gasteiger partial charge in [0, 0.05) is 30.2 Å². The van der Waals surface area contributed by atoms with Crippen LogP contribution in [0.5, 0.6) is 0 Å². The number of benzene rings is 2. The standard InChI is InChI=1S/C24H17Cl2F2N3O3S/c25-15-5-4-12(8-16(15)26)18-11-35-24(29-18)31-10-14(23(33)34)22(32)13-9-17(27)21(19(28)20(13)31)30-6-2-1-3-7-30/h4-5,8-11H,1-3,6-7H2,(H,33,34). The van der Waals surface area contributed by atoms with Crippen LogP contribution >= 0.6 is 34.5 Å². The van der Waals surface area contributed by atoms with Gasteiger partial charge in [0.2, 0.25) is 5.43 Å². The summed E-state index contributed by atoms with van der Waals surface area (Å²) in [5.74, 6) is -3.34. The zero-order chi connectivity index (χ0) is 24.9. The van der Waals surface area contributed by atoms with Crippen LogP contribution in [0.25, 0.3) is 27.3 Å². The molecule has 1 fully saturated rings. The molecular weight excluding hydrogens is 519 g/mol. The number of pyridine rings is 1. The second kappa shape index (κ2) is 9.22. The van der Waals surface area contributed by atoms with Gasteiger partial charge in [-0.3, -0.25) is 9.36 Å². The Hall–Kier alpha value is -3.01. The maximum Gasteiger partial charge on any atom is 0.341 e. The lowest BCUT2D eigenvalue weighted by Gasteiger charge is -2.30. The molecule has 6 nitrogen and oxygen atoms in total. The van der Waals surface area contributed by atoms with Crippen LogP contribution in [0, 0.1) is 11.6 Å². The Morgan fingerprint density at radius 2 is 1.83 bits per heavy atom. The molecule has 1 N–H and O–H groups in total. The second-order valence-electron chi connectivity index (χ2n) is 8.16. The van der Waals surface area contributed by atoms with Gasteiger partial charge in [-0.2, -0.15) is 0 Å². The van der Waals surface area contributed by atoms with Crippen molar-refractivity contribution in [3.8, 4) is 16.4 Å². The Labute approximate surface area is 212 Å². The summed E-state index contributed by atoms with van der Waals surface area (Å²) >= 11 is 13.2. The number of hydrogen-bond acceptors (Lipinski definition) is 5. The number of carbonyl (C=O) groups is 1. The van der Waals surface area contributed by atoms with Gasteiger partial charge in [0.05, 0.1) is 26.6 Å². The van der Waals surface area contributed by atoms with Crippen molar-refractivity contribution in [2.75, 3.05) is 18.0 Å². The molecule has 3 heterocycles. The maximum absolute atomic E-state index is 16.0. The van der Waals surface area contributed by atoms with E-state index in [4.69, 9.17) is 23.2 Å². The first-order valence-electron chi connectivity index (χ1n) is 10.7. The minimum absolute atomic E-state index is 0.202. The van der Waals surface area contributed by atoms with Crippen molar-refractivity contribution in [3.63, 3.8) is 0 Å². The first-order valence-corrected chi connectivity index (χ1v) is 12.4. The van der Waals surface area contributed by atoms with Gasteiger partial charge in [0.25, 0.3) is 0 Å². The summed E-state index contributed by atoms with van der Waals surface area (Å²) < 4.78 is 32.3. The quantitative estimate of drug-likeness (QED) is 0.327. The van der Waals surface area contributed by atoms with E-state index < -0.39 is 28.6 Å². The van der Waals surface area contributed by atoms with E-state index in [1.165, 1.54) is 4.57 Å². The fourth-order valence-electron chi connectivity index (χ4n) is 4.28.